The highest BCUT2D eigenvalue weighted by Gasteiger charge is 2.51. The highest BCUT2D eigenvalue weighted by atomic mass is 32.2. The van der Waals surface area contributed by atoms with Gasteiger partial charge in [0.15, 0.2) is 9.84 Å². The zero-order chi connectivity index (χ0) is 10.5. The maximum absolute atomic E-state index is 12.2. The Hall–Kier alpha value is -1.09. The molecule has 0 aromatic rings. The van der Waals surface area contributed by atoms with Crippen LogP contribution in [0.15, 0.2) is 48.6 Å². The molecule has 15 heavy (non-hydrogen) atoms. The monoisotopic (exact) mass is 220 g/mol. The first kappa shape index (κ1) is 9.16. The van der Waals surface area contributed by atoms with Crippen LogP contribution in [-0.2, 0) is 9.84 Å². The number of hydrogen-bond acceptors (Lipinski definition) is 2. The van der Waals surface area contributed by atoms with E-state index in [9.17, 15) is 8.42 Å². The molecule has 2 aliphatic carbocycles. The van der Waals surface area contributed by atoms with E-state index in [2.05, 4.69) is 0 Å². The second-order valence-corrected chi connectivity index (χ2v) is 6.48. The molecule has 0 unspecified atom stereocenters. The van der Waals surface area contributed by atoms with Gasteiger partial charge in [0.05, 0.1) is 10.5 Å². The summed E-state index contributed by atoms with van der Waals surface area (Å²) in [6.07, 6.45) is 15.3. The van der Waals surface area contributed by atoms with E-state index in [1.807, 2.05) is 48.6 Å². The van der Waals surface area contributed by atoms with E-state index in [0.29, 0.717) is 0 Å². The fraction of sp³-hybridized carbons (Fsp3) is 0.333. The van der Waals surface area contributed by atoms with Crippen LogP contribution in [-0.4, -0.2) is 18.9 Å². The predicted molar refractivity (Wildman–Crippen MR) is 60.0 cm³/mol. The number of rotatable bonds is 0. The van der Waals surface area contributed by atoms with Crippen molar-refractivity contribution < 1.29 is 8.42 Å². The van der Waals surface area contributed by atoms with Crippen LogP contribution in [0.5, 0.6) is 0 Å². The molecule has 0 saturated carbocycles. The summed E-state index contributed by atoms with van der Waals surface area (Å²) in [6.45, 7) is 0. The lowest BCUT2D eigenvalue weighted by Crippen LogP contribution is -2.23. The minimum Gasteiger partial charge on any atom is -0.228 e. The number of allylic oxidation sites excluding steroid dienone is 6. The molecular formula is C12H12O2S. The van der Waals surface area contributed by atoms with Gasteiger partial charge in [-0.3, -0.25) is 0 Å². The van der Waals surface area contributed by atoms with Crippen molar-refractivity contribution in [1.29, 1.82) is 0 Å². The number of sulfone groups is 1. The SMILES string of the molecule is O=S1(=O)[C@@H]2C=CC=C[C@H]2[C@@H]2C=CC=C[C@@H]21. The van der Waals surface area contributed by atoms with Crippen LogP contribution >= 0.6 is 0 Å². The van der Waals surface area contributed by atoms with Crippen LogP contribution < -0.4 is 0 Å². The Balaban J connectivity index is 2.16. The van der Waals surface area contributed by atoms with Gasteiger partial charge in [0.1, 0.15) is 0 Å². The second-order valence-electron chi connectivity index (χ2n) is 4.21. The molecule has 4 atom stereocenters. The molecule has 1 fully saturated rings. The van der Waals surface area contributed by atoms with Crippen molar-refractivity contribution >= 4 is 9.84 Å². The van der Waals surface area contributed by atoms with Gasteiger partial charge < -0.3 is 0 Å². The van der Waals surface area contributed by atoms with Crippen LogP contribution in [0.2, 0.25) is 0 Å². The summed E-state index contributed by atoms with van der Waals surface area (Å²) in [5.74, 6) is 0.261. The maximum atomic E-state index is 12.2. The molecule has 3 aliphatic rings. The van der Waals surface area contributed by atoms with E-state index in [-0.39, 0.29) is 22.3 Å². The normalized spacial score (nSPS) is 44.0. The Morgan fingerprint density at radius 2 is 1.07 bits per heavy atom. The van der Waals surface area contributed by atoms with E-state index in [1.54, 1.807) is 0 Å². The van der Waals surface area contributed by atoms with Gasteiger partial charge in [-0.2, -0.15) is 0 Å². The van der Waals surface area contributed by atoms with Crippen molar-refractivity contribution in [2.45, 2.75) is 10.5 Å². The van der Waals surface area contributed by atoms with Gasteiger partial charge in [0, 0.05) is 11.8 Å². The van der Waals surface area contributed by atoms with Crippen LogP contribution in [0.1, 0.15) is 0 Å². The van der Waals surface area contributed by atoms with Crippen LogP contribution in [0.25, 0.3) is 0 Å². The van der Waals surface area contributed by atoms with Gasteiger partial charge in [-0.1, -0.05) is 48.6 Å². The summed E-state index contributed by atoms with van der Waals surface area (Å²) in [6, 6.07) is 0. The van der Waals surface area contributed by atoms with Crippen molar-refractivity contribution in [1.82, 2.24) is 0 Å². The van der Waals surface area contributed by atoms with E-state index in [4.69, 9.17) is 0 Å². The highest BCUT2D eigenvalue weighted by Crippen LogP contribution is 2.43. The molecule has 3 rings (SSSR count). The molecular weight excluding hydrogens is 208 g/mol. The molecule has 2 nitrogen and oxygen atoms in total. The average molecular weight is 220 g/mol. The third kappa shape index (κ3) is 1.13. The molecule has 1 heterocycles. The van der Waals surface area contributed by atoms with Gasteiger partial charge in [-0.25, -0.2) is 8.42 Å². The van der Waals surface area contributed by atoms with Gasteiger partial charge in [-0.05, 0) is 0 Å². The molecule has 0 aromatic carbocycles. The predicted octanol–water partition coefficient (Wildman–Crippen LogP) is 1.64. The molecule has 0 N–H and O–H groups in total. The zero-order valence-electron chi connectivity index (χ0n) is 8.15. The largest absolute Gasteiger partial charge is 0.228 e. The molecule has 1 aliphatic heterocycles. The first-order valence-corrected chi connectivity index (χ1v) is 6.75. The first-order chi connectivity index (χ1) is 7.21. The summed E-state index contributed by atoms with van der Waals surface area (Å²) in [4.78, 5) is 0. The lowest BCUT2D eigenvalue weighted by molar-refractivity contribution is 0.527. The van der Waals surface area contributed by atoms with Crippen LogP contribution in [0.4, 0.5) is 0 Å². The third-order valence-corrected chi connectivity index (χ3v) is 5.91. The van der Waals surface area contributed by atoms with Crippen LogP contribution in [0, 0.1) is 11.8 Å². The Morgan fingerprint density at radius 1 is 0.667 bits per heavy atom. The van der Waals surface area contributed by atoms with Crippen molar-refractivity contribution in [3.05, 3.63) is 48.6 Å². The highest BCUT2D eigenvalue weighted by molar-refractivity contribution is 7.93. The van der Waals surface area contributed by atoms with E-state index < -0.39 is 9.84 Å². The van der Waals surface area contributed by atoms with E-state index in [0.717, 1.165) is 0 Å². The topological polar surface area (TPSA) is 34.1 Å². The van der Waals surface area contributed by atoms with E-state index >= 15 is 0 Å². The smallest absolute Gasteiger partial charge is 0.164 e. The Morgan fingerprint density at radius 3 is 1.53 bits per heavy atom. The molecule has 1 saturated heterocycles. The number of fused-ring (bicyclic) bond motifs is 3. The Labute approximate surface area is 89.6 Å². The second kappa shape index (κ2) is 2.95. The summed E-state index contributed by atoms with van der Waals surface area (Å²) in [5.41, 5.74) is 0. The van der Waals surface area contributed by atoms with Crippen molar-refractivity contribution in [3.63, 3.8) is 0 Å². The molecule has 0 amide bonds. The maximum Gasteiger partial charge on any atom is 0.164 e. The average Bonchev–Trinajstić information content (AvgIpc) is 2.51. The quantitative estimate of drug-likeness (QED) is 0.622. The lowest BCUT2D eigenvalue weighted by atomic mass is 9.83. The fourth-order valence-electron chi connectivity index (χ4n) is 2.74. The van der Waals surface area contributed by atoms with Gasteiger partial charge in [0.25, 0.3) is 0 Å². The molecule has 0 radical (unpaired) electrons. The zero-order valence-corrected chi connectivity index (χ0v) is 8.97. The molecule has 78 valence electrons. The summed E-state index contributed by atoms with van der Waals surface area (Å²) < 4.78 is 24.4. The van der Waals surface area contributed by atoms with Crippen molar-refractivity contribution in [3.8, 4) is 0 Å². The minimum absolute atomic E-state index is 0.131. The van der Waals surface area contributed by atoms with E-state index in [1.165, 1.54) is 0 Å². The molecule has 0 bridgehead atoms. The lowest BCUT2D eigenvalue weighted by Gasteiger charge is -2.19. The fourth-order valence-corrected chi connectivity index (χ4v) is 5.14. The number of hydrogen-bond donors (Lipinski definition) is 0. The minimum atomic E-state index is -3.02. The van der Waals surface area contributed by atoms with Crippen LogP contribution in [0.3, 0.4) is 0 Å². The van der Waals surface area contributed by atoms with Gasteiger partial charge >= 0.3 is 0 Å². The molecule has 0 aromatic heterocycles. The van der Waals surface area contributed by atoms with Gasteiger partial charge in [0.2, 0.25) is 0 Å². The summed E-state index contributed by atoms with van der Waals surface area (Å²) >= 11 is 0. The summed E-state index contributed by atoms with van der Waals surface area (Å²) in [5, 5.41) is -0.630. The van der Waals surface area contributed by atoms with Gasteiger partial charge in [-0.15, -0.1) is 0 Å². The molecule has 0 spiro atoms. The standard InChI is InChI=1S/C12H12O2S/c13-15(14)11-7-3-1-5-9(11)10-6-2-4-8-12(10)15/h1-12H/t9-,10-,11-,12+/m0/s1. The summed E-state index contributed by atoms with van der Waals surface area (Å²) in [7, 11) is -3.02. The third-order valence-electron chi connectivity index (χ3n) is 3.45. The Bertz CT molecular complexity index is 454. The Kier molecular flexibility index (Phi) is 1.80. The first-order valence-electron chi connectivity index (χ1n) is 5.14. The van der Waals surface area contributed by atoms with Crippen molar-refractivity contribution in [2.75, 3.05) is 0 Å². The van der Waals surface area contributed by atoms with Crippen molar-refractivity contribution in [2.24, 2.45) is 11.8 Å². The molecule has 3 heteroatoms.